The van der Waals surface area contributed by atoms with E-state index in [9.17, 15) is 0 Å². The summed E-state index contributed by atoms with van der Waals surface area (Å²) < 4.78 is 13.4. The van der Waals surface area contributed by atoms with Crippen molar-refractivity contribution in [3.8, 4) is 22.8 Å². The fourth-order valence-corrected chi connectivity index (χ4v) is 3.00. The van der Waals surface area contributed by atoms with E-state index >= 15 is 0 Å². The van der Waals surface area contributed by atoms with Crippen molar-refractivity contribution in [1.82, 2.24) is 9.78 Å². The average Bonchev–Trinajstić information content (AvgIpc) is 2.90. The number of aromatic nitrogens is 2. The van der Waals surface area contributed by atoms with E-state index in [1.807, 2.05) is 47.3 Å². The predicted octanol–water partition coefficient (Wildman–Crippen LogP) is 3.05. The number of nitrogens with two attached hydrogens (primary N) is 1. The number of hydrazone groups is 1. The largest absolute Gasteiger partial charge is 0.490 e. The normalized spacial score (nSPS) is 13.7. The minimum atomic E-state index is 0.649. The lowest BCUT2D eigenvalue weighted by Gasteiger charge is -2.08. The Bertz CT molecular complexity index is 919. The molecule has 4 rings (SSSR count). The van der Waals surface area contributed by atoms with Gasteiger partial charge in [0.1, 0.15) is 5.69 Å². The Labute approximate surface area is 151 Å². The molecule has 6 heteroatoms. The van der Waals surface area contributed by atoms with E-state index in [1.54, 1.807) is 6.21 Å². The lowest BCUT2D eigenvalue weighted by Crippen LogP contribution is -2.00. The summed E-state index contributed by atoms with van der Waals surface area (Å²) in [6.07, 6.45) is 4.44. The molecule has 6 nitrogen and oxygen atoms in total. The molecule has 2 N–H and O–H groups in total. The van der Waals surface area contributed by atoms with Crippen LogP contribution in [-0.4, -0.2) is 29.2 Å². The molecule has 0 spiro atoms. The number of fused-ring (bicyclic) bond motifs is 1. The molecule has 0 saturated heterocycles. The van der Waals surface area contributed by atoms with Gasteiger partial charge in [0.2, 0.25) is 0 Å². The number of hydrogen-bond donors (Lipinski definition) is 1. The van der Waals surface area contributed by atoms with Gasteiger partial charge in [0.15, 0.2) is 11.5 Å². The molecule has 0 atom stereocenters. The Morgan fingerprint density at radius 1 is 1.08 bits per heavy atom. The second-order valence-electron chi connectivity index (χ2n) is 6.11. The van der Waals surface area contributed by atoms with Crippen molar-refractivity contribution in [3.63, 3.8) is 0 Å². The first-order valence-corrected chi connectivity index (χ1v) is 8.58. The van der Waals surface area contributed by atoms with Gasteiger partial charge in [0.05, 0.1) is 26.0 Å². The zero-order valence-electron chi connectivity index (χ0n) is 14.3. The molecule has 1 aliphatic heterocycles. The van der Waals surface area contributed by atoms with Crippen LogP contribution in [-0.2, 0) is 6.54 Å². The zero-order chi connectivity index (χ0) is 17.8. The molecule has 0 fully saturated rings. The number of hydrogen-bond acceptors (Lipinski definition) is 5. The molecule has 0 unspecified atom stereocenters. The Morgan fingerprint density at radius 3 is 2.69 bits per heavy atom. The standard InChI is InChI=1S/C20H20N4O2/c21-22-12-17-14-24(13-15-5-2-1-3-6-15)23-20(17)16-7-8-18-19(11-16)26-10-4-9-25-18/h1-3,5-8,11-12,14H,4,9-10,13,21H2/b22-12-. The lowest BCUT2D eigenvalue weighted by atomic mass is 10.1. The van der Waals surface area contributed by atoms with Crippen molar-refractivity contribution >= 4 is 6.21 Å². The summed E-state index contributed by atoms with van der Waals surface area (Å²) in [5.74, 6) is 6.90. The molecule has 3 aromatic rings. The van der Waals surface area contributed by atoms with Crippen LogP contribution in [0.25, 0.3) is 11.3 Å². The van der Waals surface area contributed by atoms with E-state index in [-0.39, 0.29) is 0 Å². The molecular weight excluding hydrogens is 328 g/mol. The second-order valence-corrected chi connectivity index (χ2v) is 6.11. The van der Waals surface area contributed by atoms with Crippen LogP contribution in [0.2, 0.25) is 0 Å². The highest BCUT2D eigenvalue weighted by atomic mass is 16.5. The molecule has 0 bridgehead atoms. The number of rotatable bonds is 4. The summed E-state index contributed by atoms with van der Waals surface area (Å²) in [6.45, 7) is 2.00. The van der Waals surface area contributed by atoms with Gasteiger partial charge in [-0.1, -0.05) is 30.3 Å². The van der Waals surface area contributed by atoms with Crippen molar-refractivity contribution in [3.05, 3.63) is 65.9 Å². The fourth-order valence-electron chi connectivity index (χ4n) is 3.00. The summed E-state index contributed by atoms with van der Waals surface area (Å²) in [5, 5.41) is 8.42. The molecule has 26 heavy (non-hydrogen) atoms. The minimum Gasteiger partial charge on any atom is -0.490 e. The average molecular weight is 348 g/mol. The number of nitrogens with zero attached hydrogens (tertiary/aromatic N) is 3. The topological polar surface area (TPSA) is 74.7 Å². The summed E-state index contributed by atoms with van der Waals surface area (Å²) in [7, 11) is 0. The van der Waals surface area contributed by atoms with E-state index in [0.29, 0.717) is 19.8 Å². The SMILES string of the molecule is N/N=C\c1cn(Cc2ccccc2)nc1-c1ccc2c(c1)OCCCO2. The third kappa shape index (κ3) is 3.39. The van der Waals surface area contributed by atoms with Crippen LogP contribution >= 0.6 is 0 Å². The molecule has 1 aromatic heterocycles. The van der Waals surface area contributed by atoms with E-state index in [2.05, 4.69) is 17.2 Å². The van der Waals surface area contributed by atoms with Gasteiger partial charge in [0.25, 0.3) is 0 Å². The summed E-state index contributed by atoms with van der Waals surface area (Å²) in [5.41, 5.74) is 3.79. The molecule has 0 aliphatic carbocycles. The second kappa shape index (κ2) is 7.31. The van der Waals surface area contributed by atoms with Crippen LogP contribution in [0.15, 0.2) is 59.8 Å². The maximum atomic E-state index is 5.79. The van der Waals surface area contributed by atoms with Crippen molar-refractivity contribution in [1.29, 1.82) is 0 Å². The van der Waals surface area contributed by atoms with E-state index in [4.69, 9.17) is 20.4 Å². The molecule has 132 valence electrons. The van der Waals surface area contributed by atoms with Crippen LogP contribution in [0, 0.1) is 0 Å². The first kappa shape index (κ1) is 16.2. The van der Waals surface area contributed by atoms with Crippen molar-refractivity contribution in [2.45, 2.75) is 13.0 Å². The summed E-state index contributed by atoms with van der Waals surface area (Å²) in [4.78, 5) is 0. The van der Waals surface area contributed by atoms with Crippen molar-refractivity contribution in [2.75, 3.05) is 13.2 Å². The van der Waals surface area contributed by atoms with Crippen LogP contribution in [0.1, 0.15) is 17.5 Å². The van der Waals surface area contributed by atoms with Crippen molar-refractivity contribution < 1.29 is 9.47 Å². The molecule has 0 radical (unpaired) electrons. The lowest BCUT2D eigenvalue weighted by molar-refractivity contribution is 0.297. The van der Waals surface area contributed by atoms with E-state index < -0.39 is 0 Å². The fraction of sp³-hybridized carbons (Fsp3) is 0.200. The van der Waals surface area contributed by atoms with E-state index in [1.165, 1.54) is 5.56 Å². The predicted molar refractivity (Wildman–Crippen MR) is 101 cm³/mol. The molecule has 0 saturated carbocycles. The van der Waals surface area contributed by atoms with Crippen LogP contribution < -0.4 is 15.3 Å². The zero-order valence-corrected chi connectivity index (χ0v) is 14.3. The number of ether oxygens (including phenoxy) is 2. The monoisotopic (exact) mass is 348 g/mol. The highest BCUT2D eigenvalue weighted by molar-refractivity contribution is 5.88. The highest BCUT2D eigenvalue weighted by Crippen LogP contribution is 2.34. The van der Waals surface area contributed by atoms with Crippen molar-refractivity contribution in [2.24, 2.45) is 10.9 Å². The van der Waals surface area contributed by atoms with E-state index in [0.717, 1.165) is 34.7 Å². The van der Waals surface area contributed by atoms with Gasteiger partial charge in [0, 0.05) is 23.7 Å². The Hall–Kier alpha value is -3.28. The maximum absolute atomic E-state index is 5.79. The smallest absolute Gasteiger partial charge is 0.161 e. The van der Waals surface area contributed by atoms with Gasteiger partial charge in [-0.2, -0.15) is 10.2 Å². The van der Waals surface area contributed by atoms with Gasteiger partial charge in [-0.25, -0.2) is 0 Å². The van der Waals surface area contributed by atoms with Gasteiger partial charge in [-0.05, 0) is 23.8 Å². The van der Waals surface area contributed by atoms with Gasteiger partial charge < -0.3 is 15.3 Å². The van der Waals surface area contributed by atoms with Gasteiger partial charge in [-0.15, -0.1) is 0 Å². The first-order chi connectivity index (χ1) is 12.8. The molecule has 0 amide bonds. The summed E-state index contributed by atoms with van der Waals surface area (Å²) in [6, 6.07) is 16.1. The molecule has 2 aromatic carbocycles. The Balaban J connectivity index is 1.70. The maximum Gasteiger partial charge on any atom is 0.161 e. The number of benzene rings is 2. The summed E-state index contributed by atoms with van der Waals surface area (Å²) >= 11 is 0. The molecular formula is C20H20N4O2. The molecule has 2 heterocycles. The van der Waals surface area contributed by atoms with Crippen LogP contribution in [0.4, 0.5) is 0 Å². The molecule has 1 aliphatic rings. The third-order valence-corrected chi connectivity index (χ3v) is 4.21. The third-order valence-electron chi connectivity index (χ3n) is 4.21. The first-order valence-electron chi connectivity index (χ1n) is 8.58. The Kier molecular flexibility index (Phi) is 4.55. The minimum absolute atomic E-state index is 0.649. The van der Waals surface area contributed by atoms with Gasteiger partial charge in [-0.3, -0.25) is 4.68 Å². The van der Waals surface area contributed by atoms with Crippen LogP contribution in [0.5, 0.6) is 11.5 Å². The van der Waals surface area contributed by atoms with Gasteiger partial charge >= 0.3 is 0 Å². The quantitative estimate of drug-likeness (QED) is 0.447. The Morgan fingerprint density at radius 2 is 1.88 bits per heavy atom. The highest BCUT2D eigenvalue weighted by Gasteiger charge is 2.15. The van der Waals surface area contributed by atoms with Crippen LogP contribution in [0.3, 0.4) is 0 Å².